The maximum absolute atomic E-state index is 12.0. The minimum atomic E-state index is -0.733. The van der Waals surface area contributed by atoms with Crippen LogP contribution in [0.25, 0.3) is 10.4 Å². The largest absolute Gasteiger partial charge is 0.494 e. The van der Waals surface area contributed by atoms with Crippen LogP contribution in [-0.2, 0) is 9.53 Å². The van der Waals surface area contributed by atoms with Crippen LogP contribution in [0.2, 0.25) is 0 Å². The summed E-state index contributed by atoms with van der Waals surface area (Å²) in [4.78, 5) is 29.1. The zero-order valence-electron chi connectivity index (χ0n) is 16.9. The van der Waals surface area contributed by atoms with E-state index in [4.69, 9.17) is 21.7 Å². The summed E-state index contributed by atoms with van der Waals surface area (Å²) < 4.78 is 11.9. The highest BCUT2D eigenvalue weighted by atomic mass is 32.9. The van der Waals surface area contributed by atoms with E-state index < -0.39 is 12.0 Å². The first-order valence-electron chi connectivity index (χ1n) is 9.74. The molecular weight excluding hydrogens is 452 g/mol. The third-order valence-corrected chi connectivity index (χ3v) is 7.19. The predicted octanol–water partition coefficient (Wildman–Crippen LogP) is 5.12. The smallest absolute Gasteiger partial charge is 0.328 e. The van der Waals surface area contributed by atoms with Crippen LogP contribution in [0.4, 0.5) is 0 Å². The first kappa shape index (κ1) is 23.1. The first-order valence-corrected chi connectivity index (χ1v) is 12.3. The zero-order chi connectivity index (χ0) is 22.1. The number of nitrogens with one attached hydrogen (secondary N) is 1. The van der Waals surface area contributed by atoms with E-state index in [2.05, 4.69) is 10.3 Å². The molecule has 2 heterocycles. The van der Waals surface area contributed by atoms with E-state index in [1.165, 1.54) is 6.20 Å². The van der Waals surface area contributed by atoms with E-state index in [0.717, 1.165) is 26.4 Å². The number of esters is 1. The molecule has 0 spiro atoms. The van der Waals surface area contributed by atoms with E-state index >= 15 is 0 Å². The SMILES string of the molecule is C[C@H](NC(=O)c1cccnc1)C(=O)OCCCCOc1ccc(-c2cc(=S)ss2)cc1. The molecule has 0 unspecified atom stereocenters. The van der Waals surface area contributed by atoms with Crippen molar-refractivity contribution in [2.75, 3.05) is 13.2 Å². The second-order valence-corrected chi connectivity index (χ2v) is 9.59. The molecular formula is C22H22N2O4S3. The van der Waals surface area contributed by atoms with Gasteiger partial charge in [0.2, 0.25) is 0 Å². The van der Waals surface area contributed by atoms with Gasteiger partial charge in [-0.1, -0.05) is 32.9 Å². The summed E-state index contributed by atoms with van der Waals surface area (Å²) in [5.41, 5.74) is 1.52. The van der Waals surface area contributed by atoms with Crippen LogP contribution in [0.1, 0.15) is 30.1 Å². The van der Waals surface area contributed by atoms with E-state index in [1.807, 2.05) is 30.3 Å². The first-order chi connectivity index (χ1) is 15.0. The fourth-order valence-corrected chi connectivity index (χ4v) is 5.02. The predicted molar refractivity (Wildman–Crippen MR) is 125 cm³/mol. The van der Waals surface area contributed by atoms with Gasteiger partial charge in [-0.2, -0.15) is 0 Å². The Kier molecular flexibility index (Phi) is 8.69. The standard InChI is InChI=1S/C22H22N2O4S3/c1-15(24-21(25)17-5-4-10-23-14-17)22(26)28-12-3-2-11-27-18-8-6-16(7-9-18)19-13-20(29)31-30-19/h4-10,13-15H,2-3,11-12H2,1H3,(H,24,25)/t15-/m0/s1. The van der Waals surface area contributed by atoms with Crippen molar-refractivity contribution in [3.05, 3.63) is 64.2 Å². The maximum Gasteiger partial charge on any atom is 0.328 e. The average molecular weight is 475 g/mol. The third kappa shape index (κ3) is 7.23. The van der Waals surface area contributed by atoms with Gasteiger partial charge in [-0.15, -0.1) is 0 Å². The van der Waals surface area contributed by atoms with Crippen molar-refractivity contribution in [1.82, 2.24) is 10.3 Å². The van der Waals surface area contributed by atoms with Gasteiger partial charge in [0, 0.05) is 17.3 Å². The third-order valence-electron chi connectivity index (χ3n) is 4.28. The van der Waals surface area contributed by atoms with Crippen LogP contribution in [0.3, 0.4) is 0 Å². The van der Waals surface area contributed by atoms with Gasteiger partial charge in [-0.05, 0) is 67.8 Å². The summed E-state index contributed by atoms with van der Waals surface area (Å²) in [6.45, 7) is 2.40. The Balaban J connectivity index is 1.30. The lowest BCUT2D eigenvalue weighted by atomic mass is 10.2. The number of carbonyl (C=O) groups is 2. The Morgan fingerprint density at radius 2 is 1.90 bits per heavy atom. The lowest BCUT2D eigenvalue weighted by Gasteiger charge is -2.13. The zero-order valence-corrected chi connectivity index (χ0v) is 19.4. The maximum atomic E-state index is 12.0. The molecule has 1 N–H and O–H groups in total. The average Bonchev–Trinajstić information content (AvgIpc) is 3.23. The molecule has 2 aromatic heterocycles. The fraction of sp³-hybridized carbons (Fsp3) is 0.273. The number of pyridine rings is 1. The molecule has 3 aromatic rings. The Hall–Kier alpha value is -2.62. The summed E-state index contributed by atoms with van der Waals surface area (Å²) in [6, 6.07) is 12.5. The number of benzene rings is 1. The molecule has 0 saturated heterocycles. The number of hydrogen-bond donors (Lipinski definition) is 1. The van der Waals surface area contributed by atoms with Crippen LogP contribution < -0.4 is 10.1 Å². The Morgan fingerprint density at radius 1 is 1.13 bits per heavy atom. The lowest BCUT2D eigenvalue weighted by molar-refractivity contribution is -0.145. The van der Waals surface area contributed by atoms with Crippen LogP contribution in [0.15, 0.2) is 54.9 Å². The highest BCUT2D eigenvalue weighted by Crippen LogP contribution is 2.30. The Morgan fingerprint density at radius 3 is 2.58 bits per heavy atom. The number of ether oxygens (including phenoxy) is 2. The summed E-state index contributed by atoms with van der Waals surface area (Å²) >= 11 is 5.17. The Bertz CT molecular complexity index is 1050. The second kappa shape index (κ2) is 11.7. The van der Waals surface area contributed by atoms with Gasteiger partial charge in [0.15, 0.2) is 0 Å². The van der Waals surface area contributed by atoms with Gasteiger partial charge in [-0.3, -0.25) is 9.78 Å². The summed E-state index contributed by atoms with van der Waals surface area (Å²) in [7, 11) is 3.27. The highest BCUT2D eigenvalue weighted by molar-refractivity contribution is 7.80. The molecule has 6 nitrogen and oxygen atoms in total. The number of carbonyl (C=O) groups excluding carboxylic acids is 2. The molecule has 31 heavy (non-hydrogen) atoms. The highest BCUT2D eigenvalue weighted by Gasteiger charge is 2.17. The molecule has 0 bridgehead atoms. The minimum absolute atomic E-state index is 0.275. The topological polar surface area (TPSA) is 77.5 Å². The molecule has 0 aliphatic rings. The number of nitrogens with zero attached hydrogens (tertiary/aromatic N) is 1. The second-order valence-electron chi connectivity index (χ2n) is 6.68. The van der Waals surface area contributed by atoms with E-state index in [9.17, 15) is 9.59 Å². The van der Waals surface area contributed by atoms with Crippen LogP contribution >= 0.6 is 32.9 Å². The van der Waals surface area contributed by atoms with E-state index in [0.29, 0.717) is 18.6 Å². The van der Waals surface area contributed by atoms with Crippen molar-refractivity contribution in [2.45, 2.75) is 25.8 Å². The molecule has 1 amide bonds. The minimum Gasteiger partial charge on any atom is -0.494 e. The number of hydrogen-bond acceptors (Lipinski definition) is 8. The quantitative estimate of drug-likeness (QED) is 0.190. The number of rotatable bonds is 10. The molecule has 0 saturated carbocycles. The number of aromatic nitrogens is 1. The van der Waals surface area contributed by atoms with Crippen LogP contribution in [0.5, 0.6) is 5.75 Å². The molecule has 0 fully saturated rings. The number of amides is 1. The van der Waals surface area contributed by atoms with Crippen molar-refractivity contribution < 1.29 is 19.1 Å². The van der Waals surface area contributed by atoms with Crippen LogP contribution in [0, 0.1) is 3.82 Å². The van der Waals surface area contributed by atoms with Crippen molar-refractivity contribution >= 4 is 44.8 Å². The van der Waals surface area contributed by atoms with Crippen molar-refractivity contribution in [2.24, 2.45) is 0 Å². The van der Waals surface area contributed by atoms with Crippen LogP contribution in [-0.4, -0.2) is 36.1 Å². The molecule has 0 aliphatic heterocycles. The molecule has 0 aliphatic carbocycles. The monoisotopic (exact) mass is 474 g/mol. The van der Waals surface area contributed by atoms with Crippen molar-refractivity contribution in [3.8, 4) is 16.2 Å². The van der Waals surface area contributed by atoms with Gasteiger partial charge in [0.05, 0.1) is 18.8 Å². The summed E-state index contributed by atoms with van der Waals surface area (Å²) in [5, 5.41) is 2.60. The van der Waals surface area contributed by atoms with Gasteiger partial charge in [0.25, 0.3) is 5.91 Å². The van der Waals surface area contributed by atoms with Gasteiger partial charge < -0.3 is 14.8 Å². The molecule has 9 heteroatoms. The van der Waals surface area contributed by atoms with Crippen molar-refractivity contribution in [3.63, 3.8) is 0 Å². The summed E-state index contributed by atoms with van der Waals surface area (Å²) in [5.74, 6) is -0.0296. The molecule has 1 atom stereocenters. The molecule has 0 radical (unpaired) electrons. The van der Waals surface area contributed by atoms with E-state index in [-0.39, 0.29) is 12.5 Å². The van der Waals surface area contributed by atoms with Gasteiger partial charge in [-0.25, -0.2) is 4.79 Å². The van der Waals surface area contributed by atoms with Crippen molar-refractivity contribution in [1.29, 1.82) is 0 Å². The van der Waals surface area contributed by atoms with Gasteiger partial charge in [0.1, 0.15) is 15.6 Å². The number of unbranched alkanes of at least 4 members (excludes halogenated alkanes) is 1. The van der Waals surface area contributed by atoms with E-state index in [1.54, 1.807) is 45.9 Å². The van der Waals surface area contributed by atoms with Gasteiger partial charge >= 0.3 is 5.97 Å². The molecule has 162 valence electrons. The Labute approximate surface area is 193 Å². The molecule has 1 aromatic carbocycles. The lowest BCUT2D eigenvalue weighted by Crippen LogP contribution is -2.39. The summed E-state index contributed by atoms with van der Waals surface area (Å²) in [6.07, 6.45) is 4.44. The molecule has 3 rings (SSSR count). The fourth-order valence-electron chi connectivity index (χ4n) is 2.62. The normalized spacial score (nSPS) is 11.5.